The molecular weight excluding hydrogens is 419 g/mol. The van der Waals surface area contributed by atoms with Crippen LogP contribution in [0.25, 0.3) is 0 Å². The van der Waals surface area contributed by atoms with Crippen LogP contribution < -0.4 is 4.90 Å². The minimum Gasteiger partial charge on any atom is -0.367 e. The number of fused-ring (bicyclic) bond motifs is 3. The van der Waals surface area contributed by atoms with E-state index in [1.165, 1.54) is 52.6 Å². The van der Waals surface area contributed by atoms with Crippen molar-refractivity contribution in [2.24, 2.45) is 0 Å². The van der Waals surface area contributed by atoms with Crippen molar-refractivity contribution in [1.82, 2.24) is 4.90 Å². The van der Waals surface area contributed by atoms with E-state index in [9.17, 15) is 12.8 Å². The molecule has 30 heavy (non-hydrogen) atoms. The van der Waals surface area contributed by atoms with E-state index in [0.717, 1.165) is 32.6 Å². The van der Waals surface area contributed by atoms with Crippen LogP contribution in [0.3, 0.4) is 0 Å². The molecule has 0 radical (unpaired) electrons. The van der Waals surface area contributed by atoms with E-state index in [2.05, 4.69) is 28.0 Å². The second-order valence-corrected chi connectivity index (χ2v) is 11.7. The maximum Gasteiger partial charge on any atom is 0.178 e. The molecule has 160 valence electrons. The second kappa shape index (κ2) is 8.17. The molecule has 0 bridgehead atoms. The molecule has 5 rings (SSSR count). The third kappa shape index (κ3) is 3.76. The number of halogens is 1. The number of sulfone groups is 1. The fourth-order valence-corrected chi connectivity index (χ4v) is 7.59. The highest BCUT2D eigenvalue weighted by molar-refractivity contribution is 7.99. The Hall–Kier alpha value is -1.57. The van der Waals surface area contributed by atoms with Crippen LogP contribution >= 0.6 is 11.8 Å². The summed E-state index contributed by atoms with van der Waals surface area (Å²) in [5, 5.41) is 0. The van der Waals surface area contributed by atoms with Crippen molar-refractivity contribution < 1.29 is 12.8 Å². The minimum atomic E-state index is -3.36. The fraction of sp³-hybridized carbons (Fsp3) is 0.478. The number of likely N-dealkylation sites (tertiary alicyclic amines) is 1. The van der Waals surface area contributed by atoms with Crippen molar-refractivity contribution in [3.63, 3.8) is 0 Å². The third-order valence-electron chi connectivity index (χ3n) is 6.64. The van der Waals surface area contributed by atoms with Gasteiger partial charge < -0.3 is 9.80 Å². The molecule has 2 aromatic carbocycles. The molecule has 0 saturated carbocycles. The smallest absolute Gasteiger partial charge is 0.178 e. The Bertz CT molecular complexity index is 1030. The van der Waals surface area contributed by atoms with Gasteiger partial charge in [0.05, 0.1) is 16.3 Å². The number of nitrogens with zero attached hydrogens (tertiary/aromatic N) is 2. The summed E-state index contributed by atoms with van der Waals surface area (Å²) in [6, 6.07) is 12.5. The van der Waals surface area contributed by atoms with Crippen LogP contribution in [0.15, 0.2) is 52.3 Å². The van der Waals surface area contributed by atoms with Crippen molar-refractivity contribution in [3.8, 4) is 0 Å². The Morgan fingerprint density at radius 2 is 1.93 bits per heavy atom. The van der Waals surface area contributed by atoms with Crippen LogP contribution in [-0.2, 0) is 9.84 Å². The van der Waals surface area contributed by atoms with Gasteiger partial charge in [-0.15, -0.1) is 11.8 Å². The third-order valence-corrected chi connectivity index (χ3v) is 9.59. The average Bonchev–Trinajstić information content (AvgIpc) is 2.89. The van der Waals surface area contributed by atoms with E-state index < -0.39 is 15.7 Å². The first-order chi connectivity index (χ1) is 14.5. The Balaban J connectivity index is 1.24. The number of thioether (sulfide) groups is 1. The zero-order valence-corrected chi connectivity index (χ0v) is 18.6. The van der Waals surface area contributed by atoms with Gasteiger partial charge in [-0.2, -0.15) is 0 Å². The molecule has 3 heterocycles. The van der Waals surface area contributed by atoms with Gasteiger partial charge in [-0.25, -0.2) is 12.8 Å². The summed E-state index contributed by atoms with van der Waals surface area (Å²) < 4.78 is 38.2. The van der Waals surface area contributed by atoms with Crippen LogP contribution in [0.5, 0.6) is 0 Å². The number of para-hydroxylation sites is 1. The zero-order valence-electron chi connectivity index (χ0n) is 17.0. The number of piperidine rings is 1. The summed E-state index contributed by atoms with van der Waals surface area (Å²) in [5.74, 6) is 1.40. The van der Waals surface area contributed by atoms with Crippen molar-refractivity contribution in [3.05, 3.63) is 53.8 Å². The average molecular weight is 447 g/mol. The minimum absolute atomic E-state index is 0.104. The topological polar surface area (TPSA) is 40.6 Å². The molecule has 1 saturated heterocycles. The molecule has 7 heteroatoms. The van der Waals surface area contributed by atoms with Crippen LogP contribution in [-0.4, -0.2) is 57.0 Å². The highest BCUT2D eigenvalue weighted by atomic mass is 32.2. The van der Waals surface area contributed by atoms with E-state index in [0.29, 0.717) is 18.4 Å². The highest BCUT2D eigenvalue weighted by Gasteiger charge is 2.43. The molecule has 0 aromatic heterocycles. The van der Waals surface area contributed by atoms with Gasteiger partial charge in [-0.3, -0.25) is 0 Å². The molecular formula is C23H27FN2O2S2. The van der Waals surface area contributed by atoms with Gasteiger partial charge >= 0.3 is 0 Å². The predicted molar refractivity (Wildman–Crippen MR) is 120 cm³/mol. The summed E-state index contributed by atoms with van der Waals surface area (Å²) in [7, 11) is -3.36. The van der Waals surface area contributed by atoms with Crippen LogP contribution in [0, 0.1) is 5.82 Å². The van der Waals surface area contributed by atoms with Crippen molar-refractivity contribution >= 4 is 27.3 Å². The largest absolute Gasteiger partial charge is 0.367 e. The molecule has 0 N–H and O–H groups in total. The quantitative estimate of drug-likeness (QED) is 0.645. The van der Waals surface area contributed by atoms with E-state index in [1.54, 1.807) is 0 Å². The Labute approximate surface area is 182 Å². The van der Waals surface area contributed by atoms with Gasteiger partial charge in [0.25, 0.3) is 0 Å². The molecule has 1 fully saturated rings. The Kier molecular flexibility index (Phi) is 5.54. The molecule has 0 spiro atoms. The van der Waals surface area contributed by atoms with E-state index in [4.69, 9.17) is 0 Å². The zero-order chi connectivity index (χ0) is 20.7. The maximum atomic E-state index is 13.1. The highest BCUT2D eigenvalue weighted by Crippen LogP contribution is 2.50. The van der Waals surface area contributed by atoms with E-state index in [1.807, 2.05) is 11.8 Å². The molecule has 3 aliphatic rings. The number of benzene rings is 2. The number of hydrogen-bond acceptors (Lipinski definition) is 5. The normalized spacial score (nSPS) is 23.7. The molecule has 0 amide bonds. The summed E-state index contributed by atoms with van der Waals surface area (Å²) in [5.41, 5.74) is 2.95. The van der Waals surface area contributed by atoms with E-state index >= 15 is 0 Å². The SMILES string of the molecule is O=S(=O)(CCCN1CC[C@H]2[C@@H](C1)c1cccc3c1N2CCCS3)c1ccc(F)cc1. The molecule has 0 aliphatic carbocycles. The monoisotopic (exact) mass is 446 g/mol. The Morgan fingerprint density at radius 3 is 2.77 bits per heavy atom. The summed E-state index contributed by atoms with van der Waals surface area (Å²) in [4.78, 5) is 6.73. The van der Waals surface area contributed by atoms with Crippen molar-refractivity contribution in [2.45, 2.75) is 41.0 Å². The first kappa shape index (κ1) is 20.3. The van der Waals surface area contributed by atoms with Gasteiger partial charge in [0.1, 0.15) is 5.82 Å². The van der Waals surface area contributed by atoms with Gasteiger partial charge in [-0.1, -0.05) is 12.1 Å². The molecule has 2 aromatic rings. The maximum absolute atomic E-state index is 13.1. The molecule has 0 unspecified atom stereocenters. The van der Waals surface area contributed by atoms with Gasteiger partial charge in [0.15, 0.2) is 9.84 Å². The summed E-state index contributed by atoms with van der Waals surface area (Å²) >= 11 is 1.98. The number of anilines is 1. The first-order valence-corrected chi connectivity index (χ1v) is 13.4. The Morgan fingerprint density at radius 1 is 1.10 bits per heavy atom. The molecule has 3 aliphatic heterocycles. The lowest BCUT2D eigenvalue weighted by atomic mass is 9.89. The van der Waals surface area contributed by atoms with Gasteiger partial charge in [0.2, 0.25) is 0 Å². The molecule has 4 nitrogen and oxygen atoms in total. The summed E-state index contributed by atoms with van der Waals surface area (Å²) in [6.45, 7) is 3.95. The van der Waals surface area contributed by atoms with Crippen LogP contribution in [0.4, 0.5) is 10.1 Å². The van der Waals surface area contributed by atoms with Gasteiger partial charge in [-0.05, 0) is 67.5 Å². The second-order valence-electron chi connectivity index (χ2n) is 8.48. The molecule has 2 atom stereocenters. The fourth-order valence-electron chi connectivity index (χ4n) is 5.25. The first-order valence-electron chi connectivity index (χ1n) is 10.8. The standard InChI is InChI=1S/C23H27FN2O2S2/c24-17-6-8-18(9-7-17)30(27,28)15-3-11-25-13-10-21-20(16-25)19-4-1-5-22-23(19)26(21)12-2-14-29-22/h1,4-9,20-21H,2-3,10-16H2/t20-,21-/m0/s1. The number of rotatable bonds is 5. The number of hydrogen-bond donors (Lipinski definition) is 0. The van der Waals surface area contributed by atoms with E-state index in [-0.39, 0.29) is 10.6 Å². The lowest BCUT2D eigenvalue weighted by Crippen LogP contribution is -2.46. The summed E-state index contributed by atoms with van der Waals surface area (Å²) in [6.07, 6.45) is 2.96. The van der Waals surface area contributed by atoms with Crippen molar-refractivity contribution in [2.75, 3.05) is 42.6 Å². The van der Waals surface area contributed by atoms with Crippen molar-refractivity contribution in [1.29, 1.82) is 0 Å². The predicted octanol–water partition coefficient (Wildman–Crippen LogP) is 4.16. The van der Waals surface area contributed by atoms with Gasteiger partial charge in [0, 0.05) is 36.5 Å². The van der Waals surface area contributed by atoms with Crippen LogP contribution in [0.2, 0.25) is 0 Å². The lowest BCUT2D eigenvalue weighted by Gasteiger charge is -2.39. The lowest BCUT2D eigenvalue weighted by molar-refractivity contribution is 0.194. The van der Waals surface area contributed by atoms with Crippen LogP contribution in [0.1, 0.15) is 30.7 Å².